The highest BCUT2D eigenvalue weighted by molar-refractivity contribution is 7.00. The third kappa shape index (κ3) is 6.22. The first-order chi connectivity index (χ1) is 32.2. The van der Waals surface area contributed by atoms with Crippen LogP contribution in [0.4, 0.5) is 39.8 Å². The number of pyridine rings is 1. The number of fused-ring (bicyclic) bond motifs is 8. The van der Waals surface area contributed by atoms with Gasteiger partial charge in [0.25, 0.3) is 6.71 Å². The molecule has 6 aliphatic rings. The molecule has 68 heavy (non-hydrogen) atoms. The fourth-order valence-electron chi connectivity index (χ4n) is 13.5. The molecule has 3 aliphatic carbocycles. The van der Waals surface area contributed by atoms with E-state index >= 15 is 0 Å². The standard InChI is InChI=1S/C63H69BN4/c1-40-33-55-57-56(34-40)68(63-30-25-45(60(8,9)10)36-46(63)39-63)53-24-18-44(59(5,6)7)37-51(53)64(57)50-22-21-48(38-54(50)66(55)47-19-16-43(17-20-47)58(2,3)4)67-52-23-15-42(41-26-31-65-32-27-41)35-49(52)61(11)28-13-14-29-62(61,67)12/h15-27,30-38,46H,13-14,28-29,39H2,1-12H3. The van der Waals surface area contributed by atoms with Crippen LogP contribution in [0.1, 0.15) is 131 Å². The summed E-state index contributed by atoms with van der Waals surface area (Å²) in [6.07, 6.45) is 17.4. The predicted molar refractivity (Wildman–Crippen MR) is 290 cm³/mol. The molecule has 0 saturated heterocycles. The van der Waals surface area contributed by atoms with Gasteiger partial charge >= 0.3 is 0 Å². The normalized spacial score (nSPS) is 24.4. The maximum absolute atomic E-state index is 4.35. The van der Waals surface area contributed by atoms with Crippen LogP contribution in [0.2, 0.25) is 0 Å². The summed E-state index contributed by atoms with van der Waals surface area (Å²) in [7, 11) is 0. The van der Waals surface area contributed by atoms with Gasteiger partial charge in [0.1, 0.15) is 0 Å². The van der Waals surface area contributed by atoms with Crippen LogP contribution in [0.5, 0.6) is 0 Å². The first-order valence-corrected chi connectivity index (χ1v) is 25.6. The lowest BCUT2D eigenvalue weighted by Gasteiger charge is -2.51. The molecule has 0 amide bonds. The van der Waals surface area contributed by atoms with Gasteiger partial charge in [-0.15, -0.1) is 0 Å². The molecule has 2 fully saturated rings. The number of aryl methyl sites for hydroxylation is 1. The van der Waals surface area contributed by atoms with E-state index in [0.717, 1.165) is 12.8 Å². The fraction of sp³-hybridized carbons (Fsp3) is 0.381. The molecule has 344 valence electrons. The minimum absolute atomic E-state index is 0.00355. The van der Waals surface area contributed by atoms with E-state index in [2.05, 4.69) is 224 Å². The van der Waals surface area contributed by atoms with Crippen molar-refractivity contribution in [2.75, 3.05) is 14.7 Å². The molecular weight excluding hydrogens is 824 g/mol. The number of benzene rings is 5. The van der Waals surface area contributed by atoms with E-state index in [1.165, 1.54) is 114 Å². The average molecular weight is 893 g/mol. The molecule has 2 saturated carbocycles. The molecule has 3 aliphatic heterocycles. The van der Waals surface area contributed by atoms with Crippen molar-refractivity contribution >= 4 is 62.9 Å². The van der Waals surface area contributed by atoms with E-state index in [-0.39, 0.29) is 39.5 Å². The highest BCUT2D eigenvalue weighted by Crippen LogP contribution is 2.63. The molecule has 4 atom stereocenters. The number of anilines is 7. The van der Waals surface area contributed by atoms with Crippen LogP contribution in [-0.2, 0) is 16.2 Å². The van der Waals surface area contributed by atoms with Crippen LogP contribution in [0.3, 0.4) is 0 Å². The lowest BCUT2D eigenvalue weighted by Crippen LogP contribution is -2.63. The van der Waals surface area contributed by atoms with E-state index in [4.69, 9.17) is 0 Å². The lowest BCUT2D eigenvalue weighted by atomic mass is 9.33. The molecule has 5 aromatic carbocycles. The van der Waals surface area contributed by atoms with Crippen molar-refractivity contribution < 1.29 is 0 Å². The van der Waals surface area contributed by atoms with E-state index in [9.17, 15) is 0 Å². The Morgan fingerprint density at radius 3 is 1.97 bits per heavy atom. The Kier molecular flexibility index (Phi) is 9.19. The van der Waals surface area contributed by atoms with E-state index < -0.39 is 0 Å². The van der Waals surface area contributed by atoms with Crippen molar-refractivity contribution in [2.45, 2.75) is 143 Å². The Labute approximate surface area is 407 Å². The Bertz CT molecular complexity index is 3120. The lowest BCUT2D eigenvalue weighted by molar-refractivity contribution is 0.195. The van der Waals surface area contributed by atoms with Gasteiger partial charge in [-0.2, -0.15) is 0 Å². The monoisotopic (exact) mass is 893 g/mol. The van der Waals surface area contributed by atoms with Crippen LogP contribution >= 0.6 is 0 Å². The molecule has 1 aromatic heterocycles. The molecule has 12 rings (SSSR count). The van der Waals surface area contributed by atoms with E-state index in [1.807, 2.05) is 12.4 Å². The van der Waals surface area contributed by atoms with E-state index in [1.54, 1.807) is 0 Å². The predicted octanol–water partition coefficient (Wildman–Crippen LogP) is 14.4. The Balaban J connectivity index is 1.10. The van der Waals surface area contributed by atoms with Gasteiger partial charge in [0, 0.05) is 63.5 Å². The maximum atomic E-state index is 4.35. The molecule has 4 heterocycles. The third-order valence-corrected chi connectivity index (χ3v) is 17.7. The van der Waals surface area contributed by atoms with Crippen LogP contribution in [-0.4, -0.2) is 22.8 Å². The van der Waals surface area contributed by atoms with Gasteiger partial charge in [0.05, 0.1) is 11.1 Å². The molecule has 6 aromatic rings. The van der Waals surface area contributed by atoms with Gasteiger partial charge in [-0.1, -0.05) is 137 Å². The van der Waals surface area contributed by atoms with Crippen molar-refractivity contribution in [3.8, 4) is 11.1 Å². The Morgan fingerprint density at radius 1 is 0.588 bits per heavy atom. The number of hydrogen-bond donors (Lipinski definition) is 0. The number of nitrogens with zero attached hydrogens (tertiary/aromatic N) is 4. The summed E-state index contributed by atoms with van der Waals surface area (Å²) < 4.78 is 0. The second-order valence-electron chi connectivity index (χ2n) is 25.0. The second-order valence-corrected chi connectivity index (χ2v) is 25.0. The topological polar surface area (TPSA) is 22.6 Å². The number of aromatic nitrogens is 1. The maximum Gasteiger partial charge on any atom is 0.252 e. The largest absolute Gasteiger partial charge is 0.334 e. The number of allylic oxidation sites excluding steroid dienone is 2. The van der Waals surface area contributed by atoms with Crippen LogP contribution in [0.15, 0.2) is 139 Å². The fourth-order valence-corrected chi connectivity index (χ4v) is 13.5. The zero-order valence-electron chi connectivity index (χ0n) is 42.7. The van der Waals surface area contributed by atoms with Crippen molar-refractivity contribution in [3.05, 3.63) is 162 Å². The number of rotatable bonds is 4. The Morgan fingerprint density at radius 2 is 1.26 bits per heavy atom. The molecule has 4 nitrogen and oxygen atoms in total. The summed E-state index contributed by atoms with van der Waals surface area (Å²) in [4.78, 5) is 12.6. The van der Waals surface area contributed by atoms with Gasteiger partial charge in [0.2, 0.25) is 0 Å². The molecule has 5 heteroatoms. The van der Waals surface area contributed by atoms with Gasteiger partial charge < -0.3 is 14.7 Å². The molecule has 4 unspecified atom stereocenters. The summed E-state index contributed by atoms with van der Waals surface area (Å²) in [6, 6.07) is 41.2. The van der Waals surface area contributed by atoms with Gasteiger partial charge in [0.15, 0.2) is 0 Å². The van der Waals surface area contributed by atoms with Gasteiger partial charge in [-0.05, 0) is 171 Å². The molecule has 0 radical (unpaired) electrons. The van der Waals surface area contributed by atoms with Gasteiger partial charge in [-0.3, -0.25) is 4.98 Å². The molecule has 0 bridgehead atoms. The third-order valence-electron chi connectivity index (χ3n) is 17.7. The highest BCUT2D eigenvalue weighted by Gasteiger charge is 2.61. The molecule has 0 N–H and O–H groups in total. The summed E-state index contributed by atoms with van der Waals surface area (Å²) >= 11 is 0. The minimum Gasteiger partial charge on any atom is -0.334 e. The average Bonchev–Trinajstić information content (AvgIpc) is 3.99. The van der Waals surface area contributed by atoms with Crippen molar-refractivity contribution in [3.63, 3.8) is 0 Å². The zero-order chi connectivity index (χ0) is 47.5. The van der Waals surface area contributed by atoms with Crippen molar-refractivity contribution in [1.82, 2.24) is 4.98 Å². The minimum atomic E-state index is -0.106. The molecule has 0 spiro atoms. The van der Waals surface area contributed by atoms with Crippen LogP contribution < -0.4 is 31.1 Å². The summed E-state index contributed by atoms with van der Waals surface area (Å²) in [6.45, 7) is 28.6. The summed E-state index contributed by atoms with van der Waals surface area (Å²) in [5, 5.41) is 0. The number of hydrogen-bond acceptors (Lipinski definition) is 4. The van der Waals surface area contributed by atoms with E-state index in [0.29, 0.717) is 5.92 Å². The first-order valence-electron chi connectivity index (χ1n) is 25.6. The smallest absolute Gasteiger partial charge is 0.252 e. The van der Waals surface area contributed by atoms with Crippen LogP contribution in [0, 0.1) is 18.3 Å². The van der Waals surface area contributed by atoms with Crippen molar-refractivity contribution in [1.29, 1.82) is 0 Å². The van der Waals surface area contributed by atoms with Crippen LogP contribution in [0.25, 0.3) is 11.1 Å². The summed E-state index contributed by atoms with van der Waals surface area (Å²) in [5.74, 6) is 0.458. The summed E-state index contributed by atoms with van der Waals surface area (Å²) in [5.41, 5.74) is 22.7. The second kappa shape index (κ2) is 14.4. The highest BCUT2D eigenvalue weighted by atomic mass is 15.3. The zero-order valence-corrected chi connectivity index (χ0v) is 42.7. The molecular formula is C63H69BN4. The van der Waals surface area contributed by atoms with Gasteiger partial charge in [-0.25, -0.2) is 0 Å². The van der Waals surface area contributed by atoms with Crippen molar-refractivity contribution in [2.24, 2.45) is 11.3 Å². The quantitative estimate of drug-likeness (QED) is 0.164. The SMILES string of the molecule is Cc1cc2c3c(c1)N(C14C=CC(C(C)(C)C)=CC1C4)c1ccc(C(C)(C)C)cc1B3c1ccc(N3c4ccc(-c5ccncc5)cc4C4(C)CCCCC34C)cc1N2c1ccc(C(C)(C)C)cc1. The Hall–Kier alpha value is -5.81. The first kappa shape index (κ1) is 43.5.